The van der Waals surface area contributed by atoms with Crippen molar-refractivity contribution in [3.05, 3.63) is 35.4 Å². The average molecular weight is 429 g/mol. The van der Waals surface area contributed by atoms with Gasteiger partial charge in [-0.05, 0) is 24.6 Å². The Balaban J connectivity index is 3.33. The van der Waals surface area contributed by atoms with Crippen molar-refractivity contribution in [2.24, 2.45) is 0 Å². The van der Waals surface area contributed by atoms with Crippen LogP contribution in [0.25, 0.3) is 0 Å². The minimum absolute atomic E-state index is 0.0620. The van der Waals surface area contributed by atoms with E-state index in [2.05, 4.69) is 0 Å². The highest BCUT2D eigenvalue weighted by Gasteiger charge is 2.87. The van der Waals surface area contributed by atoms with E-state index < -0.39 is 47.5 Å². The Hall–Kier alpha value is -2.10. The summed E-state index contributed by atoms with van der Waals surface area (Å²) >= 11 is 0. The predicted octanol–water partition coefficient (Wildman–Crippen LogP) is 5.26. The summed E-state index contributed by atoms with van der Waals surface area (Å²) in [7, 11) is 0. The molecule has 0 aromatic heterocycles. The molecule has 1 unspecified atom stereocenters. The average Bonchev–Trinajstić information content (AvgIpc) is 2.52. The highest BCUT2D eigenvalue weighted by atomic mass is 19.4. The first-order valence-electron chi connectivity index (χ1n) is 7.05. The second-order valence-corrected chi connectivity index (χ2v) is 6.07. The first kappa shape index (κ1) is 23.9. The molecule has 0 aliphatic rings. The Labute approximate surface area is 150 Å². The lowest BCUT2D eigenvalue weighted by Gasteiger charge is -2.39. The smallest absolute Gasteiger partial charge is 0.385 e. The third kappa shape index (κ3) is 3.74. The van der Waals surface area contributed by atoms with Gasteiger partial charge in [0.2, 0.25) is 0 Å². The number of alkyl halides is 11. The Morgan fingerprint density at radius 1 is 0.786 bits per heavy atom. The van der Waals surface area contributed by atoms with Crippen LogP contribution in [0.1, 0.15) is 24.5 Å². The summed E-state index contributed by atoms with van der Waals surface area (Å²) in [5.74, 6) is -28.4. The maximum atomic E-state index is 13.8. The van der Waals surface area contributed by atoms with Crippen molar-refractivity contribution in [3.8, 4) is 6.07 Å². The molecule has 0 saturated heterocycles. The SMILES string of the molecule is CC(O)(CC(F)(F)C(F)(F)C(F)(F)C(F)(F)C(F)(F)F)c1ccc(C#N)cc1. The van der Waals surface area contributed by atoms with Gasteiger partial charge < -0.3 is 5.11 Å². The van der Waals surface area contributed by atoms with Crippen molar-refractivity contribution in [1.29, 1.82) is 5.26 Å². The minimum Gasteiger partial charge on any atom is -0.385 e. The van der Waals surface area contributed by atoms with Gasteiger partial charge in [0.15, 0.2) is 0 Å². The molecule has 2 nitrogen and oxygen atoms in total. The zero-order chi connectivity index (χ0) is 22.4. The summed E-state index contributed by atoms with van der Waals surface area (Å²) in [5, 5.41) is 18.5. The molecule has 0 heterocycles. The maximum absolute atomic E-state index is 13.8. The summed E-state index contributed by atoms with van der Waals surface area (Å²) in [6.45, 7) is 0.429. The summed E-state index contributed by atoms with van der Waals surface area (Å²) in [5.41, 5.74) is -3.72. The van der Waals surface area contributed by atoms with Crippen LogP contribution in [0.5, 0.6) is 0 Å². The second kappa shape index (κ2) is 6.75. The lowest BCUT2D eigenvalue weighted by molar-refractivity contribution is -0.424. The molecule has 0 bridgehead atoms. The first-order valence-corrected chi connectivity index (χ1v) is 7.05. The molecule has 0 aliphatic carbocycles. The standard InChI is InChI=1S/C15H10F11NO/c1-10(28,9-4-2-8(6-27)3-5-9)7-11(16,17)12(18,19)13(20,21)14(22,23)15(24,25)26/h2-5,28H,7H2,1H3. The normalized spacial score (nSPS) is 16.4. The van der Waals surface area contributed by atoms with Crippen molar-refractivity contribution >= 4 is 0 Å². The summed E-state index contributed by atoms with van der Waals surface area (Å²) < 4.78 is 143. The fourth-order valence-corrected chi connectivity index (χ4v) is 2.15. The number of aliphatic hydroxyl groups is 1. The van der Waals surface area contributed by atoms with Crippen molar-refractivity contribution in [1.82, 2.24) is 0 Å². The predicted molar refractivity (Wildman–Crippen MR) is 71.2 cm³/mol. The van der Waals surface area contributed by atoms with Crippen molar-refractivity contribution in [3.63, 3.8) is 0 Å². The van der Waals surface area contributed by atoms with Gasteiger partial charge in [-0.15, -0.1) is 0 Å². The van der Waals surface area contributed by atoms with E-state index in [0.29, 0.717) is 6.92 Å². The number of benzene rings is 1. The van der Waals surface area contributed by atoms with E-state index in [-0.39, 0.29) is 5.56 Å². The van der Waals surface area contributed by atoms with Gasteiger partial charge in [-0.25, -0.2) is 0 Å². The molecule has 1 aromatic rings. The van der Waals surface area contributed by atoms with E-state index in [1.807, 2.05) is 0 Å². The van der Waals surface area contributed by atoms with E-state index in [1.165, 1.54) is 0 Å². The van der Waals surface area contributed by atoms with E-state index >= 15 is 0 Å². The monoisotopic (exact) mass is 429 g/mol. The number of hydrogen-bond donors (Lipinski definition) is 1. The third-order valence-corrected chi connectivity index (χ3v) is 3.81. The molecule has 1 aromatic carbocycles. The maximum Gasteiger partial charge on any atom is 0.460 e. The summed E-state index contributed by atoms with van der Waals surface area (Å²) in [6, 6.07) is 5.04. The lowest BCUT2D eigenvalue weighted by atomic mass is 9.85. The zero-order valence-corrected chi connectivity index (χ0v) is 13.6. The van der Waals surface area contributed by atoms with Crippen LogP contribution in [0.2, 0.25) is 0 Å². The Morgan fingerprint density at radius 2 is 1.21 bits per heavy atom. The molecule has 28 heavy (non-hydrogen) atoms. The zero-order valence-electron chi connectivity index (χ0n) is 13.6. The van der Waals surface area contributed by atoms with Crippen LogP contribution in [0.3, 0.4) is 0 Å². The largest absolute Gasteiger partial charge is 0.460 e. The molecule has 1 rings (SSSR count). The third-order valence-electron chi connectivity index (χ3n) is 3.81. The van der Waals surface area contributed by atoms with E-state index in [0.717, 1.165) is 24.3 Å². The highest BCUT2D eigenvalue weighted by molar-refractivity contribution is 5.34. The van der Waals surface area contributed by atoms with Gasteiger partial charge in [-0.3, -0.25) is 0 Å². The Kier molecular flexibility index (Phi) is 5.77. The van der Waals surface area contributed by atoms with Crippen LogP contribution >= 0.6 is 0 Å². The number of nitrogens with zero attached hydrogens (tertiary/aromatic N) is 1. The van der Waals surface area contributed by atoms with Crippen molar-refractivity contribution < 1.29 is 53.4 Å². The molecule has 1 atom stereocenters. The van der Waals surface area contributed by atoms with Gasteiger partial charge in [0.1, 0.15) is 0 Å². The molecule has 0 spiro atoms. The van der Waals surface area contributed by atoms with Crippen LogP contribution in [0, 0.1) is 11.3 Å². The van der Waals surface area contributed by atoms with Crippen LogP contribution in [0.15, 0.2) is 24.3 Å². The van der Waals surface area contributed by atoms with Crippen molar-refractivity contribution in [2.45, 2.75) is 48.8 Å². The topological polar surface area (TPSA) is 44.0 Å². The van der Waals surface area contributed by atoms with E-state index in [1.54, 1.807) is 6.07 Å². The fraction of sp³-hybridized carbons (Fsp3) is 0.533. The fourth-order valence-electron chi connectivity index (χ4n) is 2.15. The van der Waals surface area contributed by atoms with Crippen LogP contribution in [0.4, 0.5) is 48.3 Å². The summed E-state index contributed by atoms with van der Waals surface area (Å²) in [6.07, 6.45) is -9.87. The van der Waals surface area contributed by atoms with E-state index in [4.69, 9.17) is 5.26 Å². The number of hydrogen-bond acceptors (Lipinski definition) is 2. The molecule has 0 saturated carbocycles. The number of nitriles is 1. The van der Waals surface area contributed by atoms with Crippen LogP contribution < -0.4 is 0 Å². The molecule has 0 amide bonds. The molecule has 13 heteroatoms. The molecule has 1 N–H and O–H groups in total. The summed E-state index contributed by atoms with van der Waals surface area (Å²) in [4.78, 5) is 0. The quantitative estimate of drug-likeness (QED) is 0.628. The van der Waals surface area contributed by atoms with Gasteiger partial charge >= 0.3 is 29.9 Å². The first-order chi connectivity index (χ1) is 12.2. The van der Waals surface area contributed by atoms with Crippen LogP contribution in [-0.2, 0) is 5.60 Å². The van der Waals surface area contributed by atoms with Crippen molar-refractivity contribution in [2.75, 3.05) is 0 Å². The van der Waals surface area contributed by atoms with E-state index in [9.17, 15) is 53.4 Å². The van der Waals surface area contributed by atoms with Gasteiger partial charge in [0.05, 0.1) is 23.7 Å². The molecular formula is C15H10F11NO. The lowest BCUT2D eigenvalue weighted by Crippen LogP contribution is -2.67. The molecular weight excluding hydrogens is 419 g/mol. The number of halogens is 11. The molecule has 0 aliphatic heterocycles. The van der Waals surface area contributed by atoms with Gasteiger partial charge in [0, 0.05) is 0 Å². The highest BCUT2D eigenvalue weighted by Crippen LogP contribution is 2.58. The minimum atomic E-state index is -7.53. The molecule has 0 fully saturated rings. The second-order valence-electron chi connectivity index (χ2n) is 6.07. The Morgan fingerprint density at radius 3 is 1.57 bits per heavy atom. The molecule has 158 valence electrons. The van der Waals surface area contributed by atoms with Gasteiger partial charge in [-0.1, -0.05) is 12.1 Å². The van der Waals surface area contributed by atoms with Gasteiger partial charge in [0.25, 0.3) is 0 Å². The number of rotatable bonds is 6. The Bertz CT molecular complexity index is 745. The van der Waals surface area contributed by atoms with Gasteiger partial charge in [-0.2, -0.15) is 53.6 Å². The van der Waals surface area contributed by atoms with Crippen LogP contribution in [-0.4, -0.2) is 35.0 Å². The molecule has 0 radical (unpaired) electrons.